The number of pyridine rings is 1. The van der Waals surface area contributed by atoms with Crippen LogP contribution < -0.4 is 16.2 Å². The van der Waals surface area contributed by atoms with Gasteiger partial charge in [0.15, 0.2) is 0 Å². The lowest BCUT2D eigenvalue weighted by molar-refractivity contribution is 0.554. The predicted octanol–water partition coefficient (Wildman–Crippen LogP) is 2.14. The highest BCUT2D eigenvalue weighted by molar-refractivity contribution is 5.46. The maximum atomic E-state index is 5.37. The van der Waals surface area contributed by atoms with E-state index in [1.54, 1.807) is 0 Å². The van der Waals surface area contributed by atoms with Gasteiger partial charge in [0.1, 0.15) is 11.6 Å². The number of hydrazine groups is 1. The van der Waals surface area contributed by atoms with E-state index in [-0.39, 0.29) is 0 Å². The number of anilines is 2. The number of hydrogen-bond donors (Lipinski definition) is 2. The van der Waals surface area contributed by atoms with Crippen LogP contribution in [0.15, 0.2) is 18.2 Å². The van der Waals surface area contributed by atoms with Crippen LogP contribution in [0.5, 0.6) is 0 Å². The smallest absolute Gasteiger partial charge is 0.142 e. The van der Waals surface area contributed by atoms with E-state index in [1.807, 2.05) is 12.1 Å². The number of nitrogens with one attached hydrogen (secondary N) is 1. The van der Waals surface area contributed by atoms with Crippen molar-refractivity contribution in [2.45, 2.75) is 32.1 Å². The van der Waals surface area contributed by atoms with Crippen LogP contribution in [0, 0.1) is 0 Å². The van der Waals surface area contributed by atoms with Crippen molar-refractivity contribution in [2.75, 3.05) is 23.4 Å². The van der Waals surface area contributed by atoms with Crippen LogP contribution in [0.25, 0.3) is 0 Å². The molecule has 0 spiro atoms. The molecule has 0 aliphatic carbocycles. The second-order valence-electron chi connectivity index (χ2n) is 4.28. The van der Waals surface area contributed by atoms with Crippen molar-refractivity contribution in [1.29, 1.82) is 0 Å². The van der Waals surface area contributed by atoms with Crippen LogP contribution in [0.1, 0.15) is 32.1 Å². The molecule has 1 saturated heterocycles. The molecule has 1 aliphatic rings. The SMILES string of the molecule is NNc1cccc(N2CCCCCCC2)n1. The van der Waals surface area contributed by atoms with Crippen molar-refractivity contribution in [3.8, 4) is 0 Å². The fourth-order valence-electron chi connectivity index (χ4n) is 2.16. The summed E-state index contributed by atoms with van der Waals surface area (Å²) in [5, 5.41) is 0. The minimum atomic E-state index is 0.736. The molecule has 0 radical (unpaired) electrons. The molecule has 1 fully saturated rings. The predicted molar refractivity (Wildman–Crippen MR) is 67.3 cm³/mol. The Hall–Kier alpha value is -1.29. The molecule has 0 saturated carbocycles. The number of hydrogen-bond acceptors (Lipinski definition) is 4. The molecule has 0 amide bonds. The Bertz CT molecular complexity index is 319. The van der Waals surface area contributed by atoms with E-state index in [9.17, 15) is 0 Å². The third-order valence-electron chi connectivity index (χ3n) is 3.06. The zero-order chi connectivity index (χ0) is 11.2. The van der Waals surface area contributed by atoms with Gasteiger partial charge in [-0.3, -0.25) is 0 Å². The largest absolute Gasteiger partial charge is 0.357 e. The summed E-state index contributed by atoms with van der Waals surface area (Å²) in [6.45, 7) is 2.22. The highest BCUT2D eigenvalue weighted by Crippen LogP contribution is 2.18. The van der Waals surface area contributed by atoms with Gasteiger partial charge in [-0.25, -0.2) is 10.8 Å². The van der Waals surface area contributed by atoms with Crippen LogP contribution in [0.4, 0.5) is 11.6 Å². The lowest BCUT2D eigenvalue weighted by atomic mass is 10.1. The fourth-order valence-corrected chi connectivity index (χ4v) is 2.16. The molecular weight excluding hydrogens is 200 g/mol. The quantitative estimate of drug-likeness (QED) is 0.592. The van der Waals surface area contributed by atoms with Crippen molar-refractivity contribution >= 4 is 11.6 Å². The van der Waals surface area contributed by atoms with Gasteiger partial charge in [0, 0.05) is 13.1 Å². The Labute approximate surface area is 96.8 Å². The van der Waals surface area contributed by atoms with Crippen LogP contribution in [-0.2, 0) is 0 Å². The fraction of sp³-hybridized carbons (Fsp3) is 0.583. The molecule has 0 aromatic carbocycles. The van der Waals surface area contributed by atoms with E-state index in [2.05, 4.69) is 21.4 Å². The molecule has 1 aliphatic heterocycles. The van der Waals surface area contributed by atoms with Crippen LogP contribution >= 0.6 is 0 Å². The lowest BCUT2D eigenvalue weighted by Gasteiger charge is -2.26. The summed E-state index contributed by atoms with van der Waals surface area (Å²) in [7, 11) is 0. The van der Waals surface area contributed by atoms with Crippen LogP contribution in [0.2, 0.25) is 0 Å². The van der Waals surface area contributed by atoms with E-state index < -0.39 is 0 Å². The van der Waals surface area contributed by atoms with Crippen molar-refractivity contribution in [2.24, 2.45) is 5.84 Å². The average Bonchev–Trinajstić information content (AvgIpc) is 2.29. The van der Waals surface area contributed by atoms with Gasteiger partial charge in [0.05, 0.1) is 0 Å². The van der Waals surface area contributed by atoms with Gasteiger partial charge >= 0.3 is 0 Å². The molecule has 0 atom stereocenters. The number of nitrogen functional groups attached to an aromatic ring is 1. The molecule has 4 heteroatoms. The molecule has 2 rings (SSSR count). The molecule has 1 aromatic heterocycles. The van der Waals surface area contributed by atoms with Gasteiger partial charge in [-0.2, -0.15) is 0 Å². The van der Waals surface area contributed by atoms with E-state index in [1.165, 1.54) is 32.1 Å². The summed E-state index contributed by atoms with van der Waals surface area (Å²) < 4.78 is 0. The van der Waals surface area contributed by atoms with Crippen molar-refractivity contribution < 1.29 is 0 Å². The molecule has 0 unspecified atom stereocenters. The van der Waals surface area contributed by atoms with Crippen molar-refractivity contribution in [3.63, 3.8) is 0 Å². The number of nitrogens with zero attached hydrogens (tertiary/aromatic N) is 2. The first-order chi connectivity index (χ1) is 7.90. The first-order valence-electron chi connectivity index (χ1n) is 6.09. The summed E-state index contributed by atoms with van der Waals surface area (Å²) in [5.74, 6) is 7.15. The Balaban J connectivity index is 2.07. The molecule has 3 N–H and O–H groups in total. The van der Waals surface area contributed by atoms with Crippen molar-refractivity contribution in [3.05, 3.63) is 18.2 Å². The summed E-state index contributed by atoms with van der Waals surface area (Å²) in [6.07, 6.45) is 6.59. The number of aromatic nitrogens is 1. The Morgan fingerprint density at radius 3 is 2.44 bits per heavy atom. The zero-order valence-electron chi connectivity index (χ0n) is 9.65. The summed E-state index contributed by atoms with van der Waals surface area (Å²) in [5.41, 5.74) is 2.60. The van der Waals surface area contributed by atoms with Crippen LogP contribution in [0.3, 0.4) is 0 Å². The van der Waals surface area contributed by atoms with E-state index in [0.717, 1.165) is 24.7 Å². The van der Waals surface area contributed by atoms with Gasteiger partial charge in [0.2, 0.25) is 0 Å². The maximum Gasteiger partial charge on any atom is 0.142 e. The second-order valence-corrected chi connectivity index (χ2v) is 4.28. The second kappa shape index (κ2) is 5.70. The highest BCUT2D eigenvalue weighted by Gasteiger charge is 2.10. The first-order valence-corrected chi connectivity index (χ1v) is 6.09. The normalized spacial score (nSPS) is 17.7. The first kappa shape index (κ1) is 11.2. The molecule has 4 nitrogen and oxygen atoms in total. The maximum absolute atomic E-state index is 5.37. The standard InChI is InChI=1S/C12H20N4/c13-15-11-7-6-8-12(14-11)16-9-4-2-1-3-5-10-16/h6-8H,1-5,9-10,13H2,(H,14,15). The highest BCUT2D eigenvalue weighted by atomic mass is 15.3. The molecule has 16 heavy (non-hydrogen) atoms. The Kier molecular flexibility index (Phi) is 3.99. The van der Waals surface area contributed by atoms with Gasteiger partial charge in [-0.15, -0.1) is 0 Å². The molecular formula is C12H20N4. The lowest BCUT2D eigenvalue weighted by Crippen LogP contribution is -2.28. The Morgan fingerprint density at radius 2 is 1.75 bits per heavy atom. The topological polar surface area (TPSA) is 54.2 Å². The minimum absolute atomic E-state index is 0.736. The summed E-state index contributed by atoms with van der Waals surface area (Å²) in [4.78, 5) is 6.84. The summed E-state index contributed by atoms with van der Waals surface area (Å²) >= 11 is 0. The average molecular weight is 220 g/mol. The molecule has 1 aromatic rings. The van der Waals surface area contributed by atoms with Gasteiger partial charge in [-0.05, 0) is 25.0 Å². The van der Waals surface area contributed by atoms with E-state index >= 15 is 0 Å². The minimum Gasteiger partial charge on any atom is -0.357 e. The molecule has 2 heterocycles. The molecule has 0 bridgehead atoms. The van der Waals surface area contributed by atoms with E-state index in [0.29, 0.717) is 0 Å². The Morgan fingerprint density at radius 1 is 1.06 bits per heavy atom. The number of rotatable bonds is 2. The van der Waals surface area contributed by atoms with Gasteiger partial charge in [-0.1, -0.05) is 25.3 Å². The molecule has 88 valence electrons. The zero-order valence-corrected chi connectivity index (χ0v) is 9.65. The third-order valence-corrected chi connectivity index (χ3v) is 3.06. The third kappa shape index (κ3) is 2.85. The summed E-state index contributed by atoms with van der Waals surface area (Å²) in [6, 6.07) is 5.94. The van der Waals surface area contributed by atoms with Crippen molar-refractivity contribution in [1.82, 2.24) is 4.98 Å². The monoisotopic (exact) mass is 220 g/mol. The number of nitrogens with two attached hydrogens (primary N) is 1. The van der Waals surface area contributed by atoms with Crippen LogP contribution in [-0.4, -0.2) is 18.1 Å². The van der Waals surface area contributed by atoms with Gasteiger partial charge < -0.3 is 10.3 Å². The van der Waals surface area contributed by atoms with Gasteiger partial charge in [0.25, 0.3) is 0 Å². The van der Waals surface area contributed by atoms with E-state index in [4.69, 9.17) is 5.84 Å².